The molecule has 0 spiro atoms. The molecule has 4 unspecified atom stereocenters. The fourth-order valence-corrected chi connectivity index (χ4v) is 3.28. The van der Waals surface area contributed by atoms with Crippen molar-refractivity contribution in [2.75, 3.05) is 6.54 Å². The maximum atomic E-state index is 11.9. The Labute approximate surface area is 82.8 Å². The monoisotopic (exact) mass is 191 g/mol. The van der Waals surface area contributed by atoms with E-state index in [2.05, 4.69) is 12.2 Å². The van der Waals surface area contributed by atoms with Crippen LogP contribution in [0.3, 0.4) is 0 Å². The standard InChI is InChI=1S/C11H13NO2/c1-2-12-10(13)8-6-3-4-7(5-6)9(8)11(12)14/h3-4,6-9H,2,5H2,1H3. The van der Waals surface area contributed by atoms with E-state index in [1.54, 1.807) is 0 Å². The largest absolute Gasteiger partial charge is 0.282 e. The predicted molar refractivity (Wildman–Crippen MR) is 50.1 cm³/mol. The van der Waals surface area contributed by atoms with Crippen LogP contribution in [0.2, 0.25) is 0 Å². The molecule has 2 fully saturated rings. The van der Waals surface area contributed by atoms with Crippen LogP contribution in [0, 0.1) is 23.7 Å². The number of amides is 2. The molecule has 14 heavy (non-hydrogen) atoms. The van der Waals surface area contributed by atoms with Crippen LogP contribution in [0.1, 0.15) is 13.3 Å². The highest BCUT2D eigenvalue weighted by molar-refractivity contribution is 6.06. The van der Waals surface area contributed by atoms with Crippen LogP contribution in [-0.2, 0) is 9.59 Å². The lowest BCUT2D eigenvalue weighted by Crippen LogP contribution is -2.32. The van der Waals surface area contributed by atoms with Gasteiger partial charge in [0.1, 0.15) is 0 Å². The van der Waals surface area contributed by atoms with E-state index in [0.717, 1.165) is 6.42 Å². The van der Waals surface area contributed by atoms with Crippen LogP contribution in [0.5, 0.6) is 0 Å². The molecule has 3 nitrogen and oxygen atoms in total. The minimum absolute atomic E-state index is 0.0163. The number of carbonyl (C=O) groups is 2. The van der Waals surface area contributed by atoms with Gasteiger partial charge in [-0.05, 0) is 25.2 Å². The summed E-state index contributed by atoms with van der Waals surface area (Å²) in [5.41, 5.74) is 0. The fraction of sp³-hybridized carbons (Fsp3) is 0.636. The fourth-order valence-electron chi connectivity index (χ4n) is 3.28. The molecule has 0 N–H and O–H groups in total. The summed E-state index contributed by atoms with van der Waals surface area (Å²) in [7, 11) is 0. The van der Waals surface area contributed by atoms with Crippen molar-refractivity contribution in [3.8, 4) is 0 Å². The number of nitrogens with zero attached hydrogens (tertiary/aromatic N) is 1. The van der Waals surface area contributed by atoms with Crippen molar-refractivity contribution in [2.24, 2.45) is 23.7 Å². The van der Waals surface area contributed by atoms with Gasteiger partial charge in [0.25, 0.3) is 0 Å². The van der Waals surface area contributed by atoms with Gasteiger partial charge < -0.3 is 0 Å². The number of likely N-dealkylation sites (tertiary alicyclic amines) is 1. The first kappa shape index (κ1) is 8.21. The number of carbonyl (C=O) groups excluding carboxylic acids is 2. The minimum atomic E-state index is -0.0163. The Morgan fingerprint density at radius 1 is 1.21 bits per heavy atom. The maximum absolute atomic E-state index is 11.9. The van der Waals surface area contributed by atoms with Gasteiger partial charge in [0, 0.05) is 6.54 Å². The molecule has 0 aromatic carbocycles. The summed E-state index contributed by atoms with van der Waals surface area (Å²) < 4.78 is 0. The quantitative estimate of drug-likeness (QED) is 0.454. The first-order chi connectivity index (χ1) is 6.74. The van der Waals surface area contributed by atoms with E-state index in [4.69, 9.17) is 0 Å². The highest BCUT2D eigenvalue weighted by atomic mass is 16.2. The van der Waals surface area contributed by atoms with Gasteiger partial charge in [-0.1, -0.05) is 12.2 Å². The molecule has 0 aromatic heterocycles. The zero-order chi connectivity index (χ0) is 9.87. The first-order valence-corrected chi connectivity index (χ1v) is 5.27. The van der Waals surface area contributed by atoms with Crippen LogP contribution in [0.25, 0.3) is 0 Å². The second-order valence-electron chi connectivity index (χ2n) is 4.42. The Kier molecular flexibility index (Phi) is 1.45. The molecule has 1 saturated heterocycles. The lowest BCUT2D eigenvalue weighted by molar-refractivity contribution is -0.140. The number of fused-ring (bicyclic) bond motifs is 5. The number of hydrogen-bond acceptors (Lipinski definition) is 2. The second-order valence-corrected chi connectivity index (χ2v) is 4.42. The Balaban J connectivity index is 2.02. The van der Waals surface area contributed by atoms with Crippen LogP contribution < -0.4 is 0 Å². The van der Waals surface area contributed by atoms with Crippen molar-refractivity contribution in [3.05, 3.63) is 12.2 Å². The summed E-state index contributed by atoms with van der Waals surface area (Å²) >= 11 is 0. The lowest BCUT2D eigenvalue weighted by atomic mass is 9.85. The molecule has 0 aromatic rings. The number of hydrogen-bond donors (Lipinski definition) is 0. The minimum Gasteiger partial charge on any atom is -0.282 e. The van der Waals surface area contributed by atoms with E-state index in [1.807, 2.05) is 6.92 Å². The molecule has 4 atom stereocenters. The van der Waals surface area contributed by atoms with Gasteiger partial charge in [-0.3, -0.25) is 14.5 Å². The van der Waals surface area contributed by atoms with Crippen molar-refractivity contribution in [1.29, 1.82) is 0 Å². The summed E-state index contributed by atoms with van der Waals surface area (Å²) in [4.78, 5) is 25.2. The Hall–Kier alpha value is -1.12. The van der Waals surface area contributed by atoms with Crippen molar-refractivity contribution in [1.82, 2.24) is 4.90 Å². The van der Waals surface area contributed by atoms with Crippen LogP contribution in [0.4, 0.5) is 0 Å². The van der Waals surface area contributed by atoms with Crippen LogP contribution in [0.15, 0.2) is 12.2 Å². The van der Waals surface area contributed by atoms with E-state index >= 15 is 0 Å². The average molecular weight is 191 g/mol. The van der Waals surface area contributed by atoms with Gasteiger partial charge in [-0.15, -0.1) is 0 Å². The SMILES string of the molecule is CCN1C(=O)C2C3C=CC(C3)C2C1=O. The third-order valence-electron chi connectivity index (χ3n) is 3.88. The van der Waals surface area contributed by atoms with E-state index in [0.29, 0.717) is 18.4 Å². The van der Waals surface area contributed by atoms with E-state index in [1.165, 1.54) is 4.90 Å². The number of imide groups is 1. The summed E-state index contributed by atoms with van der Waals surface area (Å²) in [5, 5.41) is 0. The molecule has 2 bridgehead atoms. The van der Waals surface area contributed by atoms with Crippen molar-refractivity contribution in [2.45, 2.75) is 13.3 Å². The molecular weight excluding hydrogens is 178 g/mol. The molecular formula is C11H13NO2. The van der Waals surface area contributed by atoms with Gasteiger partial charge in [-0.2, -0.15) is 0 Å². The average Bonchev–Trinajstić information content (AvgIpc) is 2.80. The molecule has 3 aliphatic rings. The maximum Gasteiger partial charge on any atom is 0.233 e. The summed E-state index contributed by atoms with van der Waals surface area (Å²) in [6.45, 7) is 2.40. The topological polar surface area (TPSA) is 37.4 Å². The summed E-state index contributed by atoms with van der Waals surface area (Å²) in [6.07, 6.45) is 5.26. The molecule has 0 radical (unpaired) electrons. The number of rotatable bonds is 1. The Bertz CT molecular complexity index is 317. The summed E-state index contributed by atoms with van der Waals surface area (Å²) in [6, 6.07) is 0. The smallest absolute Gasteiger partial charge is 0.233 e. The third kappa shape index (κ3) is 0.740. The van der Waals surface area contributed by atoms with Gasteiger partial charge in [0.2, 0.25) is 11.8 Å². The molecule has 2 aliphatic carbocycles. The van der Waals surface area contributed by atoms with Crippen molar-refractivity contribution >= 4 is 11.8 Å². The number of allylic oxidation sites excluding steroid dienone is 2. The van der Waals surface area contributed by atoms with Gasteiger partial charge >= 0.3 is 0 Å². The molecule has 3 heteroatoms. The van der Waals surface area contributed by atoms with E-state index in [-0.39, 0.29) is 23.7 Å². The van der Waals surface area contributed by atoms with Crippen LogP contribution in [-0.4, -0.2) is 23.3 Å². The third-order valence-corrected chi connectivity index (χ3v) is 3.88. The van der Waals surface area contributed by atoms with Gasteiger partial charge in [0.05, 0.1) is 11.8 Å². The van der Waals surface area contributed by atoms with E-state index in [9.17, 15) is 9.59 Å². The molecule has 3 rings (SSSR count). The molecule has 2 amide bonds. The van der Waals surface area contributed by atoms with Gasteiger partial charge in [-0.25, -0.2) is 0 Å². The van der Waals surface area contributed by atoms with E-state index < -0.39 is 0 Å². The van der Waals surface area contributed by atoms with Gasteiger partial charge in [0.15, 0.2) is 0 Å². The normalized spacial score (nSPS) is 43.9. The molecule has 1 heterocycles. The van der Waals surface area contributed by atoms with Crippen molar-refractivity contribution < 1.29 is 9.59 Å². The zero-order valence-corrected chi connectivity index (χ0v) is 8.14. The Morgan fingerprint density at radius 3 is 2.14 bits per heavy atom. The van der Waals surface area contributed by atoms with Crippen molar-refractivity contribution in [3.63, 3.8) is 0 Å². The first-order valence-electron chi connectivity index (χ1n) is 5.27. The van der Waals surface area contributed by atoms with Crippen LogP contribution >= 0.6 is 0 Å². The molecule has 1 saturated carbocycles. The lowest BCUT2D eigenvalue weighted by Gasteiger charge is -2.14. The second kappa shape index (κ2) is 2.47. The highest BCUT2D eigenvalue weighted by Crippen LogP contribution is 2.52. The predicted octanol–water partition coefficient (Wildman–Crippen LogP) is 0.813. The Morgan fingerprint density at radius 2 is 1.71 bits per heavy atom. The zero-order valence-electron chi connectivity index (χ0n) is 8.14. The highest BCUT2D eigenvalue weighted by Gasteiger charge is 2.58. The molecule has 1 aliphatic heterocycles. The summed E-state index contributed by atoms with van der Waals surface area (Å²) in [5.74, 6) is 0.796. The molecule has 74 valence electrons.